The van der Waals surface area contributed by atoms with Crippen LogP contribution in [0.15, 0.2) is 42.5 Å². The Hall–Kier alpha value is -2.49. The number of fused-ring (bicyclic) bond motifs is 1. The number of aryl methyl sites for hydroxylation is 1. The van der Waals surface area contributed by atoms with Crippen molar-refractivity contribution in [2.75, 3.05) is 12.4 Å². The van der Waals surface area contributed by atoms with Crippen LogP contribution in [0.3, 0.4) is 0 Å². The second kappa shape index (κ2) is 4.89. The SMILES string of the molecule is COc1ccc(C2NC(=O)c3cccc(C)c3N2)cc1. The first-order valence-electron chi connectivity index (χ1n) is 6.50. The van der Waals surface area contributed by atoms with E-state index in [1.54, 1.807) is 7.11 Å². The summed E-state index contributed by atoms with van der Waals surface area (Å²) >= 11 is 0. The molecule has 2 aromatic carbocycles. The first kappa shape index (κ1) is 12.5. The second-order valence-corrected chi connectivity index (χ2v) is 4.82. The van der Waals surface area contributed by atoms with Gasteiger partial charge in [0.15, 0.2) is 0 Å². The van der Waals surface area contributed by atoms with E-state index in [9.17, 15) is 4.79 Å². The predicted molar refractivity (Wildman–Crippen MR) is 78.0 cm³/mol. The van der Waals surface area contributed by atoms with Gasteiger partial charge in [-0.2, -0.15) is 0 Å². The van der Waals surface area contributed by atoms with Crippen LogP contribution in [0.1, 0.15) is 27.7 Å². The van der Waals surface area contributed by atoms with Crippen molar-refractivity contribution < 1.29 is 9.53 Å². The Morgan fingerprint density at radius 1 is 1.05 bits per heavy atom. The summed E-state index contributed by atoms with van der Waals surface area (Å²) in [5.74, 6) is 0.746. The van der Waals surface area contributed by atoms with Crippen molar-refractivity contribution in [1.82, 2.24) is 5.32 Å². The van der Waals surface area contributed by atoms with Crippen molar-refractivity contribution in [1.29, 1.82) is 0 Å². The number of para-hydroxylation sites is 1. The Morgan fingerprint density at radius 2 is 1.80 bits per heavy atom. The van der Waals surface area contributed by atoms with E-state index < -0.39 is 0 Å². The minimum absolute atomic E-state index is 0.0525. The Bertz CT molecular complexity index is 650. The number of methoxy groups -OCH3 is 1. The third-order valence-electron chi connectivity index (χ3n) is 3.53. The van der Waals surface area contributed by atoms with Crippen LogP contribution in [-0.4, -0.2) is 13.0 Å². The summed E-state index contributed by atoms with van der Waals surface area (Å²) in [7, 11) is 1.63. The van der Waals surface area contributed by atoms with Crippen LogP contribution in [0, 0.1) is 6.92 Å². The lowest BCUT2D eigenvalue weighted by atomic mass is 10.0. The molecule has 4 heteroatoms. The number of amides is 1. The van der Waals surface area contributed by atoms with Gasteiger partial charge in [-0.25, -0.2) is 0 Å². The fourth-order valence-electron chi connectivity index (χ4n) is 2.40. The number of anilines is 1. The van der Waals surface area contributed by atoms with E-state index in [-0.39, 0.29) is 12.1 Å². The van der Waals surface area contributed by atoms with Gasteiger partial charge in [0, 0.05) is 0 Å². The molecule has 1 unspecified atom stereocenters. The van der Waals surface area contributed by atoms with Crippen molar-refractivity contribution >= 4 is 11.6 Å². The molecule has 0 spiro atoms. The molecule has 1 amide bonds. The van der Waals surface area contributed by atoms with Gasteiger partial charge < -0.3 is 15.4 Å². The number of hydrogen-bond donors (Lipinski definition) is 2. The molecule has 0 aliphatic carbocycles. The van der Waals surface area contributed by atoms with E-state index in [2.05, 4.69) is 10.6 Å². The normalized spacial score (nSPS) is 16.9. The lowest BCUT2D eigenvalue weighted by Gasteiger charge is -2.29. The molecular weight excluding hydrogens is 252 g/mol. The molecule has 0 saturated carbocycles. The van der Waals surface area contributed by atoms with E-state index in [1.807, 2.05) is 49.4 Å². The molecule has 4 nitrogen and oxygen atoms in total. The monoisotopic (exact) mass is 268 g/mol. The molecule has 102 valence electrons. The van der Waals surface area contributed by atoms with Crippen molar-refractivity contribution in [3.05, 3.63) is 59.2 Å². The zero-order valence-electron chi connectivity index (χ0n) is 11.4. The van der Waals surface area contributed by atoms with Gasteiger partial charge in [-0.3, -0.25) is 4.79 Å². The highest BCUT2D eigenvalue weighted by atomic mass is 16.5. The average molecular weight is 268 g/mol. The summed E-state index contributed by atoms with van der Waals surface area (Å²) in [5, 5.41) is 6.34. The van der Waals surface area contributed by atoms with Gasteiger partial charge in [0.1, 0.15) is 11.9 Å². The van der Waals surface area contributed by atoms with Crippen LogP contribution in [0.25, 0.3) is 0 Å². The number of ether oxygens (including phenoxy) is 1. The Balaban J connectivity index is 1.94. The maximum atomic E-state index is 12.2. The summed E-state index contributed by atoms with van der Waals surface area (Å²) in [6.07, 6.45) is -0.220. The fourth-order valence-corrected chi connectivity index (χ4v) is 2.40. The first-order valence-corrected chi connectivity index (χ1v) is 6.50. The molecule has 0 fully saturated rings. The van der Waals surface area contributed by atoms with Crippen LogP contribution >= 0.6 is 0 Å². The minimum Gasteiger partial charge on any atom is -0.497 e. The van der Waals surface area contributed by atoms with Gasteiger partial charge in [0.2, 0.25) is 0 Å². The topological polar surface area (TPSA) is 50.4 Å². The lowest BCUT2D eigenvalue weighted by molar-refractivity contribution is 0.0935. The van der Waals surface area contributed by atoms with Crippen molar-refractivity contribution in [3.8, 4) is 5.75 Å². The molecule has 1 aliphatic heterocycles. The molecule has 0 saturated heterocycles. The van der Waals surface area contributed by atoms with Crippen LogP contribution in [-0.2, 0) is 0 Å². The van der Waals surface area contributed by atoms with Gasteiger partial charge in [-0.05, 0) is 36.2 Å². The molecule has 20 heavy (non-hydrogen) atoms. The van der Waals surface area contributed by atoms with E-state index in [4.69, 9.17) is 4.74 Å². The van der Waals surface area contributed by atoms with Crippen molar-refractivity contribution in [2.24, 2.45) is 0 Å². The van der Waals surface area contributed by atoms with Crippen LogP contribution < -0.4 is 15.4 Å². The number of carbonyl (C=O) groups excluding carboxylic acids is 1. The molecule has 0 bridgehead atoms. The fraction of sp³-hybridized carbons (Fsp3) is 0.188. The first-order chi connectivity index (χ1) is 9.69. The molecule has 2 N–H and O–H groups in total. The van der Waals surface area contributed by atoms with Gasteiger partial charge in [0.25, 0.3) is 5.91 Å². The second-order valence-electron chi connectivity index (χ2n) is 4.82. The zero-order chi connectivity index (χ0) is 14.1. The zero-order valence-corrected chi connectivity index (χ0v) is 11.4. The molecule has 1 atom stereocenters. The highest BCUT2D eigenvalue weighted by molar-refractivity contribution is 6.02. The number of nitrogens with one attached hydrogen (secondary N) is 2. The van der Waals surface area contributed by atoms with E-state index in [0.717, 1.165) is 22.6 Å². The third-order valence-corrected chi connectivity index (χ3v) is 3.53. The summed E-state index contributed by atoms with van der Waals surface area (Å²) in [6, 6.07) is 13.4. The lowest BCUT2D eigenvalue weighted by Crippen LogP contribution is -2.38. The molecular formula is C16H16N2O2. The number of rotatable bonds is 2. The van der Waals surface area contributed by atoms with E-state index in [1.165, 1.54) is 0 Å². The molecule has 3 rings (SSSR count). The maximum absolute atomic E-state index is 12.2. The van der Waals surface area contributed by atoms with Gasteiger partial charge in [-0.1, -0.05) is 24.3 Å². The molecule has 0 aromatic heterocycles. The van der Waals surface area contributed by atoms with Crippen LogP contribution in [0.2, 0.25) is 0 Å². The Morgan fingerprint density at radius 3 is 2.50 bits per heavy atom. The number of benzene rings is 2. The summed E-state index contributed by atoms with van der Waals surface area (Å²) < 4.78 is 5.15. The smallest absolute Gasteiger partial charge is 0.255 e. The van der Waals surface area contributed by atoms with E-state index in [0.29, 0.717) is 5.56 Å². The summed E-state index contributed by atoms with van der Waals surface area (Å²) in [6.45, 7) is 2.00. The number of hydrogen-bond acceptors (Lipinski definition) is 3. The van der Waals surface area contributed by atoms with Gasteiger partial charge in [0.05, 0.1) is 18.4 Å². The molecule has 1 heterocycles. The van der Waals surface area contributed by atoms with Crippen molar-refractivity contribution in [3.63, 3.8) is 0 Å². The summed E-state index contributed by atoms with van der Waals surface area (Å²) in [5.41, 5.74) is 3.65. The predicted octanol–water partition coefficient (Wildman–Crippen LogP) is 2.86. The Kier molecular flexibility index (Phi) is 3.06. The molecule has 2 aromatic rings. The average Bonchev–Trinajstić information content (AvgIpc) is 2.48. The molecule has 1 aliphatic rings. The third kappa shape index (κ3) is 2.09. The molecule has 0 radical (unpaired) electrons. The van der Waals surface area contributed by atoms with Crippen LogP contribution in [0.4, 0.5) is 5.69 Å². The highest BCUT2D eigenvalue weighted by Gasteiger charge is 2.25. The van der Waals surface area contributed by atoms with Gasteiger partial charge in [-0.15, -0.1) is 0 Å². The van der Waals surface area contributed by atoms with Crippen molar-refractivity contribution in [2.45, 2.75) is 13.1 Å². The van der Waals surface area contributed by atoms with E-state index >= 15 is 0 Å². The largest absolute Gasteiger partial charge is 0.497 e. The minimum atomic E-state index is -0.220. The maximum Gasteiger partial charge on any atom is 0.255 e. The number of carbonyl (C=O) groups is 1. The highest BCUT2D eigenvalue weighted by Crippen LogP contribution is 2.29. The summed E-state index contributed by atoms with van der Waals surface area (Å²) in [4.78, 5) is 12.2. The standard InChI is InChI=1S/C16H16N2O2/c1-10-4-3-5-13-14(10)17-15(18-16(13)19)11-6-8-12(20-2)9-7-11/h3-9,15,17H,1-2H3,(H,18,19). The van der Waals surface area contributed by atoms with Gasteiger partial charge >= 0.3 is 0 Å². The quantitative estimate of drug-likeness (QED) is 0.880. The van der Waals surface area contributed by atoms with Crippen LogP contribution in [0.5, 0.6) is 5.75 Å². The Labute approximate surface area is 117 Å².